The van der Waals surface area contributed by atoms with Crippen molar-refractivity contribution in [3.05, 3.63) is 29.3 Å². The SMILES string of the molecule is O=C(N[C@H]1CC[C@@H](C(=O)O)C1)c1ccc2ncsc2c1. The van der Waals surface area contributed by atoms with E-state index in [0.717, 1.165) is 16.6 Å². The summed E-state index contributed by atoms with van der Waals surface area (Å²) in [5, 5.41) is 11.9. The molecule has 0 bridgehead atoms. The van der Waals surface area contributed by atoms with Crippen LogP contribution in [0.1, 0.15) is 29.6 Å². The third-order valence-electron chi connectivity index (χ3n) is 3.71. The molecule has 2 aromatic rings. The zero-order valence-electron chi connectivity index (χ0n) is 10.7. The van der Waals surface area contributed by atoms with Crippen LogP contribution in [0.5, 0.6) is 0 Å². The Balaban J connectivity index is 1.68. The van der Waals surface area contributed by atoms with E-state index in [9.17, 15) is 9.59 Å². The highest BCUT2D eigenvalue weighted by molar-refractivity contribution is 7.16. The lowest BCUT2D eigenvalue weighted by molar-refractivity contribution is -0.141. The number of carbonyl (C=O) groups is 2. The Kier molecular flexibility index (Phi) is 3.40. The molecule has 1 fully saturated rings. The van der Waals surface area contributed by atoms with Crippen LogP contribution < -0.4 is 5.32 Å². The van der Waals surface area contributed by atoms with Crippen molar-refractivity contribution in [3.63, 3.8) is 0 Å². The van der Waals surface area contributed by atoms with Gasteiger partial charge in [-0.1, -0.05) is 0 Å². The predicted octanol–water partition coefficient (Wildman–Crippen LogP) is 2.28. The third-order valence-corrected chi connectivity index (χ3v) is 4.50. The summed E-state index contributed by atoms with van der Waals surface area (Å²) in [5.41, 5.74) is 3.24. The number of nitrogens with zero attached hydrogens (tertiary/aromatic N) is 1. The monoisotopic (exact) mass is 290 g/mol. The molecule has 1 amide bonds. The molecular formula is C14H14N2O3S. The van der Waals surface area contributed by atoms with E-state index in [4.69, 9.17) is 5.11 Å². The van der Waals surface area contributed by atoms with Crippen LogP contribution in [0.3, 0.4) is 0 Å². The molecule has 0 unspecified atom stereocenters. The quantitative estimate of drug-likeness (QED) is 0.909. The van der Waals surface area contributed by atoms with Crippen LogP contribution in [0.15, 0.2) is 23.7 Å². The van der Waals surface area contributed by atoms with Crippen molar-refractivity contribution in [1.82, 2.24) is 10.3 Å². The first-order chi connectivity index (χ1) is 9.63. The molecule has 2 N–H and O–H groups in total. The minimum Gasteiger partial charge on any atom is -0.481 e. The molecule has 0 aliphatic heterocycles. The molecule has 2 atom stereocenters. The average Bonchev–Trinajstić information content (AvgIpc) is 3.05. The number of benzene rings is 1. The Morgan fingerprint density at radius 2 is 2.20 bits per heavy atom. The number of amides is 1. The van der Waals surface area contributed by atoms with Gasteiger partial charge in [-0.05, 0) is 37.5 Å². The van der Waals surface area contributed by atoms with Crippen molar-refractivity contribution in [1.29, 1.82) is 0 Å². The van der Waals surface area contributed by atoms with E-state index in [-0.39, 0.29) is 17.9 Å². The Labute approximate surface area is 119 Å². The molecular weight excluding hydrogens is 276 g/mol. The first-order valence-electron chi connectivity index (χ1n) is 6.50. The van der Waals surface area contributed by atoms with Gasteiger partial charge in [0.2, 0.25) is 0 Å². The number of nitrogens with one attached hydrogen (secondary N) is 1. The van der Waals surface area contributed by atoms with Crippen molar-refractivity contribution >= 4 is 33.4 Å². The van der Waals surface area contributed by atoms with Crippen LogP contribution in [-0.4, -0.2) is 28.0 Å². The smallest absolute Gasteiger partial charge is 0.306 e. The van der Waals surface area contributed by atoms with Gasteiger partial charge in [-0.15, -0.1) is 11.3 Å². The lowest BCUT2D eigenvalue weighted by Crippen LogP contribution is -2.33. The van der Waals surface area contributed by atoms with Gasteiger partial charge >= 0.3 is 5.97 Å². The van der Waals surface area contributed by atoms with Gasteiger partial charge in [-0.2, -0.15) is 0 Å². The minimum absolute atomic E-state index is 0.0410. The van der Waals surface area contributed by atoms with E-state index >= 15 is 0 Å². The molecule has 1 saturated carbocycles. The van der Waals surface area contributed by atoms with E-state index < -0.39 is 5.97 Å². The van der Waals surface area contributed by atoms with Gasteiger partial charge in [0.25, 0.3) is 5.91 Å². The summed E-state index contributed by atoms with van der Waals surface area (Å²) >= 11 is 1.50. The molecule has 1 aromatic heterocycles. The van der Waals surface area contributed by atoms with Crippen LogP contribution >= 0.6 is 11.3 Å². The van der Waals surface area contributed by atoms with E-state index in [1.807, 2.05) is 12.1 Å². The van der Waals surface area contributed by atoms with Gasteiger partial charge in [-0.25, -0.2) is 4.98 Å². The lowest BCUT2D eigenvalue weighted by atomic mass is 10.1. The van der Waals surface area contributed by atoms with Crippen molar-refractivity contribution in [2.24, 2.45) is 5.92 Å². The van der Waals surface area contributed by atoms with Gasteiger partial charge in [0.05, 0.1) is 21.6 Å². The number of carbonyl (C=O) groups excluding carboxylic acids is 1. The number of aromatic nitrogens is 1. The fourth-order valence-electron chi connectivity index (χ4n) is 2.60. The summed E-state index contributed by atoms with van der Waals surface area (Å²) in [6.07, 6.45) is 1.88. The van der Waals surface area contributed by atoms with Gasteiger partial charge in [0, 0.05) is 11.6 Å². The second-order valence-electron chi connectivity index (χ2n) is 5.05. The molecule has 20 heavy (non-hydrogen) atoms. The number of hydrogen-bond acceptors (Lipinski definition) is 4. The number of carboxylic acids is 1. The Morgan fingerprint density at radius 1 is 1.35 bits per heavy atom. The molecule has 0 radical (unpaired) electrons. The summed E-state index contributed by atoms with van der Waals surface area (Å²) in [6.45, 7) is 0. The summed E-state index contributed by atoms with van der Waals surface area (Å²) in [4.78, 5) is 27.2. The summed E-state index contributed by atoms with van der Waals surface area (Å²) < 4.78 is 0.979. The molecule has 1 heterocycles. The molecule has 104 valence electrons. The van der Waals surface area contributed by atoms with Gasteiger partial charge in [0.15, 0.2) is 0 Å². The highest BCUT2D eigenvalue weighted by Gasteiger charge is 2.30. The minimum atomic E-state index is -0.771. The van der Waals surface area contributed by atoms with E-state index in [2.05, 4.69) is 10.3 Å². The number of rotatable bonds is 3. The normalized spacial score (nSPS) is 22.0. The van der Waals surface area contributed by atoms with Crippen molar-refractivity contribution in [2.75, 3.05) is 0 Å². The van der Waals surface area contributed by atoms with E-state index in [1.165, 1.54) is 11.3 Å². The van der Waals surface area contributed by atoms with E-state index in [0.29, 0.717) is 18.4 Å². The molecule has 1 aliphatic carbocycles. The van der Waals surface area contributed by atoms with Gasteiger partial charge in [0.1, 0.15) is 0 Å². The number of fused-ring (bicyclic) bond motifs is 1. The van der Waals surface area contributed by atoms with Crippen LogP contribution in [0.25, 0.3) is 10.2 Å². The highest BCUT2D eigenvalue weighted by atomic mass is 32.1. The Morgan fingerprint density at radius 3 is 2.95 bits per heavy atom. The summed E-state index contributed by atoms with van der Waals surface area (Å²) in [7, 11) is 0. The van der Waals surface area contributed by atoms with E-state index in [1.54, 1.807) is 11.6 Å². The van der Waals surface area contributed by atoms with Crippen LogP contribution in [0.2, 0.25) is 0 Å². The maximum absolute atomic E-state index is 12.2. The summed E-state index contributed by atoms with van der Waals surface area (Å²) in [6, 6.07) is 5.36. The molecule has 3 rings (SSSR count). The highest BCUT2D eigenvalue weighted by Crippen LogP contribution is 2.26. The second-order valence-corrected chi connectivity index (χ2v) is 5.94. The summed E-state index contributed by atoms with van der Waals surface area (Å²) in [5.74, 6) is -1.24. The molecule has 1 aromatic carbocycles. The van der Waals surface area contributed by atoms with Crippen LogP contribution in [0, 0.1) is 5.92 Å². The van der Waals surface area contributed by atoms with Gasteiger partial charge < -0.3 is 10.4 Å². The van der Waals surface area contributed by atoms with Crippen LogP contribution in [0.4, 0.5) is 0 Å². The predicted molar refractivity (Wildman–Crippen MR) is 75.9 cm³/mol. The number of thiazole rings is 1. The Hall–Kier alpha value is -1.95. The van der Waals surface area contributed by atoms with Crippen molar-refractivity contribution in [3.8, 4) is 0 Å². The molecule has 1 aliphatic rings. The molecule has 5 nitrogen and oxygen atoms in total. The maximum Gasteiger partial charge on any atom is 0.306 e. The first kappa shape index (κ1) is 13.1. The largest absolute Gasteiger partial charge is 0.481 e. The topological polar surface area (TPSA) is 79.3 Å². The van der Waals surface area contributed by atoms with Crippen molar-refractivity contribution < 1.29 is 14.7 Å². The molecule has 0 saturated heterocycles. The number of aliphatic carboxylic acids is 1. The van der Waals surface area contributed by atoms with Gasteiger partial charge in [-0.3, -0.25) is 9.59 Å². The zero-order valence-corrected chi connectivity index (χ0v) is 11.5. The lowest BCUT2D eigenvalue weighted by Gasteiger charge is -2.12. The second kappa shape index (κ2) is 5.20. The standard InChI is InChI=1S/C14H14N2O3S/c17-13(16-10-3-1-9(5-10)14(18)19)8-2-4-11-12(6-8)20-7-15-11/h2,4,6-7,9-10H,1,3,5H2,(H,16,17)(H,18,19)/t9-,10+/m1/s1. The third kappa shape index (κ3) is 2.51. The maximum atomic E-state index is 12.2. The fourth-order valence-corrected chi connectivity index (χ4v) is 3.32. The Bertz CT molecular complexity index is 667. The molecule has 0 spiro atoms. The number of hydrogen-bond donors (Lipinski definition) is 2. The van der Waals surface area contributed by atoms with Crippen molar-refractivity contribution in [2.45, 2.75) is 25.3 Å². The first-order valence-corrected chi connectivity index (χ1v) is 7.38. The molecule has 6 heteroatoms. The number of carboxylic acid groups (broad SMARTS) is 1. The fraction of sp³-hybridized carbons (Fsp3) is 0.357. The average molecular weight is 290 g/mol. The van der Waals surface area contributed by atoms with Crippen LogP contribution in [-0.2, 0) is 4.79 Å². The zero-order chi connectivity index (χ0) is 14.1.